The van der Waals surface area contributed by atoms with Crippen molar-refractivity contribution in [1.82, 2.24) is 0 Å². The van der Waals surface area contributed by atoms with Crippen molar-refractivity contribution in [2.45, 2.75) is 39.7 Å². The van der Waals surface area contributed by atoms with Crippen molar-refractivity contribution in [3.8, 4) is 0 Å². The minimum atomic E-state index is -3.32. The summed E-state index contributed by atoms with van der Waals surface area (Å²) in [6.45, 7) is 6.31. The van der Waals surface area contributed by atoms with Crippen molar-refractivity contribution in [3.63, 3.8) is 0 Å². The Hall–Kier alpha value is -0.130. The molecule has 1 rings (SSSR count). The van der Waals surface area contributed by atoms with E-state index in [1.54, 1.807) is 0 Å². The molecule has 1 fully saturated rings. The molecule has 0 aromatic heterocycles. The second-order valence-electron chi connectivity index (χ2n) is 5.42. The second-order valence-corrected chi connectivity index (χ2v) is 7.06. The summed E-state index contributed by atoms with van der Waals surface area (Å²) in [6, 6.07) is 0. The molecule has 0 aromatic rings. The lowest BCUT2D eigenvalue weighted by atomic mass is 9.52. The Bertz CT molecular complexity index is 332. The minimum Gasteiger partial charge on any atom is -0.393 e. The fourth-order valence-corrected chi connectivity index (χ4v) is 3.11. The zero-order valence-corrected chi connectivity index (χ0v) is 11.3. The van der Waals surface area contributed by atoms with Gasteiger partial charge in [0.2, 0.25) is 0 Å². The molecular formula is C11H22O4S. The van der Waals surface area contributed by atoms with E-state index in [2.05, 4.69) is 13.8 Å². The molecule has 0 aromatic carbocycles. The van der Waals surface area contributed by atoms with E-state index in [1.165, 1.54) is 0 Å². The van der Waals surface area contributed by atoms with Crippen molar-refractivity contribution in [2.24, 2.45) is 17.3 Å². The smallest absolute Gasteiger partial charge is 0.264 e. The van der Waals surface area contributed by atoms with Crippen LogP contribution < -0.4 is 0 Å². The average Bonchev–Trinajstić information content (AvgIpc) is 2.07. The zero-order valence-electron chi connectivity index (χ0n) is 10.4. The maximum Gasteiger partial charge on any atom is 0.264 e. The molecule has 0 bridgehead atoms. The van der Waals surface area contributed by atoms with Gasteiger partial charge < -0.3 is 5.11 Å². The molecule has 3 atom stereocenters. The minimum absolute atomic E-state index is 0.0784. The Morgan fingerprint density at radius 1 is 1.50 bits per heavy atom. The number of aliphatic hydroxyl groups excluding tert-OH is 1. The molecule has 0 radical (unpaired) electrons. The zero-order chi connectivity index (χ0) is 12.6. The number of hydrogen-bond acceptors (Lipinski definition) is 4. The van der Waals surface area contributed by atoms with Gasteiger partial charge in [-0.25, -0.2) is 0 Å². The predicted octanol–water partition coefficient (Wildman–Crippen LogP) is 1.40. The van der Waals surface area contributed by atoms with Crippen LogP contribution in [0.3, 0.4) is 0 Å². The van der Waals surface area contributed by atoms with Crippen molar-refractivity contribution in [2.75, 3.05) is 12.9 Å². The first-order valence-corrected chi connectivity index (χ1v) is 7.48. The van der Waals surface area contributed by atoms with E-state index in [4.69, 9.17) is 4.18 Å². The summed E-state index contributed by atoms with van der Waals surface area (Å²) in [6.07, 6.45) is 2.47. The van der Waals surface area contributed by atoms with E-state index in [9.17, 15) is 13.5 Å². The maximum atomic E-state index is 10.8. The summed E-state index contributed by atoms with van der Waals surface area (Å²) in [5.41, 5.74) is 0.0784. The molecule has 0 spiro atoms. The van der Waals surface area contributed by atoms with Gasteiger partial charge in [-0.05, 0) is 37.0 Å². The molecule has 0 aliphatic heterocycles. The third-order valence-corrected chi connectivity index (χ3v) is 4.49. The summed E-state index contributed by atoms with van der Waals surface area (Å²) in [5.74, 6) is 0.754. The van der Waals surface area contributed by atoms with E-state index in [1.807, 2.05) is 6.92 Å². The monoisotopic (exact) mass is 250 g/mol. The quantitative estimate of drug-likeness (QED) is 0.749. The summed E-state index contributed by atoms with van der Waals surface area (Å²) < 4.78 is 26.3. The molecule has 4 nitrogen and oxygen atoms in total. The predicted molar refractivity (Wildman–Crippen MR) is 62.5 cm³/mol. The highest BCUT2D eigenvalue weighted by Crippen LogP contribution is 2.54. The highest BCUT2D eigenvalue weighted by atomic mass is 32.2. The first kappa shape index (κ1) is 13.9. The standard InChI is InChI=1S/C11H22O4S/c1-8(12)10-7-9(11(10,2)3)5-6-15-16(4,13)14/h8-10,12H,5-7H2,1-4H3. The van der Waals surface area contributed by atoms with E-state index in [-0.39, 0.29) is 18.1 Å². The van der Waals surface area contributed by atoms with Gasteiger partial charge >= 0.3 is 0 Å². The molecule has 1 aliphatic carbocycles. The summed E-state index contributed by atoms with van der Waals surface area (Å²) in [7, 11) is -3.32. The summed E-state index contributed by atoms with van der Waals surface area (Å²) in [5, 5.41) is 9.55. The fraction of sp³-hybridized carbons (Fsp3) is 1.00. The first-order chi connectivity index (χ1) is 7.14. The lowest BCUT2D eigenvalue weighted by Crippen LogP contribution is -2.50. The summed E-state index contributed by atoms with van der Waals surface area (Å²) >= 11 is 0. The highest BCUT2D eigenvalue weighted by molar-refractivity contribution is 7.85. The van der Waals surface area contributed by atoms with Crippen LogP contribution in [0.5, 0.6) is 0 Å². The molecule has 16 heavy (non-hydrogen) atoms. The molecule has 3 unspecified atom stereocenters. The third kappa shape index (κ3) is 3.18. The van der Waals surface area contributed by atoms with E-state index in [0.717, 1.165) is 19.1 Å². The van der Waals surface area contributed by atoms with Crippen molar-refractivity contribution < 1.29 is 17.7 Å². The average molecular weight is 250 g/mol. The SMILES string of the molecule is CC(O)C1CC(CCOS(C)(=O)=O)C1(C)C. The Morgan fingerprint density at radius 3 is 2.44 bits per heavy atom. The Kier molecular flexibility index (Phi) is 4.03. The van der Waals surface area contributed by atoms with Gasteiger partial charge in [-0.15, -0.1) is 0 Å². The summed E-state index contributed by atoms with van der Waals surface area (Å²) in [4.78, 5) is 0. The molecule has 0 saturated heterocycles. The molecule has 5 heteroatoms. The van der Waals surface area contributed by atoms with Crippen LogP contribution in [0.25, 0.3) is 0 Å². The van der Waals surface area contributed by atoms with Crippen LogP contribution in [0.4, 0.5) is 0 Å². The number of rotatable bonds is 5. The number of aliphatic hydroxyl groups is 1. The van der Waals surface area contributed by atoms with Crippen LogP contribution in [-0.2, 0) is 14.3 Å². The molecule has 1 aliphatic rings. The van der Waals surface area contributed by atoms with Gasteiger partial charge in [0, 0.05) is 0 Å². The van der Waals surface area contributed by atoms with Crippen LogP contribution in [0.2, 0.25) is 0 Å². The van der Waals surface area contributed by atoms with Crippen LogP contribution in [0.15, 0.2) is 0 Å². The lowest BCUT2D eigenvalue weighted by molar-refractivity contribution is -0.0935. The van der Waals surface area contributed by atoms with Crippen molar-refractivity contribution >= 4 is 10.1 Å². The van der Waals surface area contributed by atoms with Gasteiger partial charge in [-0.1, -0.05) is 13.8 Å². The molecular weight excluding hydrogens is 228 g/mol. The Balaban J connectivity index is 2.37. The largest absolute Gasteiger partial charge is 0.393 e. The van der Waals surface area contributed by atoms with E-state index in [0.29, 0.717) is 11.8 Å². The van der Waals surface area contributed by atoms with Crippen molar-refractivity contribution in [1.29, 1.82) is 0 Å². The molecule has 1 N–H and O–H groups in total. The molecule has 0 amide bonds. The normalized spacial score (nSPS) is 30.8. The Morgan fingerprint density at radius 2 is 2.06 bits per heavy atom. The fourth-order valence-electron chi connectivity index (χ4n) is 2.71. The Labute approximate surface area is 98.1 Å². The van der Waals surface area contributed by atoms with Crippen molar-refractivity contribution in [3.05, 3.63) is 0 Å². The molecule has 0 heterocycles. The number of hydrogen-bond donors (Lipinski definition) is 1. The maximum absolute atomic E-state index is 10.8. The highest BCUT2D eigenvalue weighted by Gasteiger charge is 2.49. The molecule has 1 saturated carbocycles. The van der Waals surface area contributed by atoms with Gasteiger partial charge in [-0.2, -0.15) is 8.42 Å². The van der Waals surface area contributed by atoms with Crippen LogP contribution in [0.1, 0.15) is 33.6 Å². The van der Waals surface area contributed by atoms with E-state index >= 15 is 0 Å². The van der Waals surface area contributed by atoms with Crippen LogP contribution in [-0.4, -0.2) is 32.5 Å². The van der Waals surface area contributed by atoms with Gasteiger partial charge in [0.1, 0.15) is 0 Å². The van der Waals surface area contributed by atoms with Crippen LogP contribution >= 0.6 is 0 Å². The second kappa shape index (κ2) is 4.63. The lowest BCUT2D eigenvalue weighted by Gasteiger charge is -2.54. The van der Waals surface area contributed by atoms with Crippen LogP contribution in [0, 0.1) is 17.3 Å². The molecule has 96 valence electrons. The van der Waals surface area contributed by atoms with E-state index < -0.39 is 10.1 Å². The van der Waals surface area contributed by atoms with Gasteiger partial charge in [-0.3, -0.25) is 4.18 Å². The van der Waals surface area contributed by atoms with Gasteiger partial charge in [0.25, 0.3) is 10.1 Å². The first-order valence-electron chi connectivity index (χ1n) is 5.67. The third-order valence-electron chi connectivity index (χ3n) is 3.89. The van der Waals surface area contributed by atoms with Gasteiger partial charge in [0.05, 0.1) is 19.0 Å². The topological polar surface area (TPSA) is 63.6 Å². The van der Waals surface area contributed by atoms with Gasteiger partial charge in [0.15, 0.2) is 0 Å².